The average Bonchev–Trinajstić information content (AvgIpc) is 1.85. The molecule has 0 atom stereocenters. The highest BCUT2D eigenvalue weighted by molar-refractivity contribution is 6.37. The zero-order valence-corrected chi connectivity index (χ0v) is 7.44. The van der Waals surface area contributed by atoms with Crippen molar-refractivity contribution < 1.29 is 0 Å². The molecular formula is C7H17BN2. The minimum absolute atomic E-state index is 0.0235. The third-order valence-electron chi connectivity index (χ3n) is 1.37. The number of rotatable bonds is 4. The fourth-order valence-corrected chi connectivity index (χ4v) is 0.510. The van der Waals surface area contributed by atoms with E-state index in [0.29, 0.717) is 6.04 Å². The molecule has 0 fully saturated rings. The SMILES string of the molecule is C=NC(C)(C)BNC(C)C. The summed E-state index contributed by atoms with van der Waals surface area (Å²) in [6, 6.07) is 0.529. The van der Waals surface area contributed by atoms with Crippen molar-refractivity contribution in [2.24, 2.45) is 4.99 Å². The average molecular weight is 140 g/mol. The number of nitrogens with one attached hydrogen (secondary N) is 1. The molecule has 0 aromatic heterocycles. The first kappa shape index (κ1) is 9.69. The zero-order chi connectivity index (χ0) is 8.20. The Morgan fingerprint density at radius 3 is 2.30 bits per heavy atom. The van der Waals surface area contributed by atoms with Gasteiger partial charge in [-0.2, -0.15) is 0 Å². The number of hydrogen-bond acceptors (Lipinski definition) is 2. The zero-order valence-electron chi connectivity index (χ0n) is 7.44. The van der Waals surface area contributed by atoms with Crippen LogP contribution < -0.4 is 5.23 Å². The molecule has 10 heavy (non-hydrogen) atoms. The lowest BCUT2D eigenvalue weighted by molar-refractivity contribution is 0.678. The molecule has 0 amide bonds. The second-order valence-electron chi connectivity index (χ2n) is 3.51. The Morgan fingerprint density at radius 2 is 2.00 bits per heavy atom. The summed E-state index contributed by atoms with van der Waals surface area (Å²) in [5.41, 5.74) is -0.0235. The van der Waals surface area contributed by atoms with E-state index in [0.717, 1.165) is 7.41 Å². The molecule has 0 unspecified atom stereocenters. The van der Waals surface area contributed by atoms with E-state index in [4.69, 9.17) is 0 Å². The van der Waals surface area contributed by atoms with Gasteiger partial charge in [0, 0.05) is 5.44 Å². The second-order valence-corrected chi connectivity index (χ2v) is 3.51. The first-order chi connectivity index (χ1) is 4.48. The molecule has 58 valence electrons. The lowest BCUT2D eigenvalue weighted by atomic mass is 9.70. The van der Waals surface area contributed by atoms with Crippen LogP contribution in [0.3, 0.4) is 0 Å². The Kier molecular flexibility index (Phi) is 3.65. The van der Waals surface area contributed by atoms with Crippen molar-refractivity contribution in [3.05, 3.63) is 0 Å². The van der Waals surface area contributed by atoms with E-state index in [9.17, 15) is 0 Å². The van der Waals surface area contributed by atoms with Crippen molar-refractivity contribution in [1.29, 1.82) is 0 Å². The van der Waals surface area contributed by atoms with Crippen LogP contribution in [0.1, 0.15) is 27.7 Å². The Morgan fingerprint density at radius 1 is 1.50 bits per heavy atom. The number of nitrogens with zero attached hydrogens (tertiary/aromatic N) is 1. The van der Waals surface area contributed by atoms with Crippen LogP contribution in [0.5, 0.6) is 0 Å². The molecule has 0 radical (unpaired) electrons. The monoisotopic (exact) mass is 140 g/mol. The normalized spacial score (nSPS) is 11.7. The topological polar surface area (TPSA) is 24.4 Å². The van der Waals surface area contributed by atoms with Gasteiger partial charge < -0.3 is 10.2 Å². The molecule has 2 nitrogen and oxygen atoms in total. The quantitative estimate of drug-likeness (QED) is 0.452. The fourth-order valence-electron chi connectivity index (χ4n) is 0.510. The first-order valence-electron chi connectivity index (χ1n) is 3.69. The molecule has 0 bridgehead atoms. The molecule has 1 N–H and O–H groups in total. The molecule has 0 heterocycles. The molecule has 0 aliphatic carbocycles. The van der Waals surface area contributed by atoms with Gasteiger partial charge >= 0.3 is 0 Å². The maximum Gasteiger partial charge on any atom is 0.232 e. The summed E-state index contributed by atoms with van der Waals surface area (Å²) in [5.74, 6) is 0. The van der Waals surface area contributed by atoms with E-state index in [1.54, 1.807) is 0 Å². The fraction of sp³-hybridized carbons (Fsp3) is 0.857. The molecule has 0 aromatic carbocycles. The molecule has 0 spiro atoms. The van der Waals surface area contributed by atoms with E-state index in [1.807, 2.05) is 0 Å². The molecular weight excluding hydrogens is 123 g/mol. The Bertz CT molecular complexity index is 110. The van der Waals surface area contributed by atoms with Crippen LogP contribution in [0.15, 0.2) is 4.99 Å². The van der Waals surface area contributed by atoms with Crippen molar-refractivity contribution in [3.63, 3.8) is 0 Å². The summed E-state index contributed by atoms with van der Waals surface area (Å²) in [4.78, 5) is 3.98. The van der Waals surface area contributed by atoms with Gasteiger partial charge in [0.1, 0.15) is 0 Å². The molecule has 0 saturated heterocycles. The van der Waals surface area contributed by atoms with Gasteiger partial charge in [0.05, 0.1) is 0 Å². The van der Waals surface area contributed by atoms with Crippen LogP contribution in [0.25, 0.3) is 0 Å². The van der Waals surface area contributed by atoms with Crippen LogP contribution in [0, 0.1) is 0 Å². The lowest BCUT2D eigenvalue weighted by Gasteiger charge is -2.19. The van der Waals surface area contributed by atoms with Crippen molar-refractivity contribution in [2.45, 2.75) is 39.2 Å². The summed E-state index contributed by atoms with van der Waals surface area (Å²) in [6.07, 6.45) is 0. The standard InChI is InChI=1S/C7H17BN2/c1-6(2)10-8-7(3,4)9-5/h6,8,10H,5H2,1-4H3. The van der Waals surface area contributed by atoms with Crippen LogP contribution in [0.2, 0.25) is 0 Å². The second kappa shape index (κ2) is 3.76. The van der Waals surface area contributed by atoms with Crippen LogP contribution >= 0.6 is 0 Å². The van der Waals surface area contributed by atoms with Gasteiger partial charge in [0.15, 0.2) is 0 Å². The van der Waals surface area contributed by atoms with E-state index in [1.165, 1.54) is 0 Å². The smallest absolute Gasteiger partial charge is 0.232 e. The van der Waals surface area contributed by atoms with Crippen molar-refractivity contribution in [2.75, 3.05) is 0 Å². The number of hydrogen-bond donors (Lipinski definition) is 1. The largest absolute Gasteiger partial charge is 0.355 e. The first-order valence-corrected chi connectivity index (χ1v) is 3.69. The van der Waals surface area contributed by atoms with Crippen LogP contribution in [-0.2, 0) is 0 Å². The summed E-state index contributed by atoms with van der Waals surface area (Å²) < 4.78 is 0. The van der Waals surface area contributed by atoms with Crippen LogP contribution in [0.4, 0.5) is 0 Å². The molecule has 0 aliphatic heterocycles. The Hall–Kier alpha value is -0.305. The van der Waals surface area contributed by atoms with Crippen molar-refractivity contribution >= 4 is 14.1 Å². The summed E-state index contributed by atoms with van der Waals surface area (Å²) in [7, 11) is 0.897. The number of aliphatic imine (C=N–C) groups is 1. The highest BCUT2D eigenvalue weighted by Gasteiger charge is 2.16. The third-order valence-corrected chi connectivity index (χ3v) is 1.37. The van der Waals surface area contributed by atoms with E-state index >= 15 is 0 Å². The maximum atomic E-state index is 3.98. The van der Waals surface area contributed by atoms with Gasteiger partial charge in [0.25, 0.3) is 0 Å². The highest BCUT2D eigenvalue weighted by atomic mass is 14.9. The van der Waals surface area contributed by atoms with Gasteiger partial charge in [-0.05, 0) is 26.6 Å². The van der Waals surface area contributed by atoms with Crippen molar-refractivity contribution in [1.82, 2.24) is 5.23 Å². The van der Waals surface area contributed by atoms with E-state index < -0.39 is 0 Å². The van der Waals surface area contributed by atoms with Gasteiger partial charge in [-0.15, -0.1) is 0 Å². The van der Waals surface area contributed by atoms with Gasteiger partial charge in [0.2, 0.25) is 7.41 Å². The minimum Gasteiger partial charge on any atom is -0.355 e. The van der Waals surface area contributed by atoms with Gasteiger partial charge in [-0.25, -0.2) is 0 Å². The predicted molar refractivity (Wildman–Crippen MR) is 49.0 cm³/mol. The molecule has 0 saturated carbocycles. The summed E-state index contributed by atoms with van der Waals surface area (Å²) >= 11 is 0. The van der Waals surface area contributed by atoms with Crippen molar-refractivity contribution in [3.8, 4) is 0 Å². The molecule has 0 rings (SSSR count). The summed E-state index contributed by atoms with van der Waals surface area (Å²) in [5, 5.41) is 3.30. The van der Waals surface area contributed by atoms with Crippen LogP contribution in [-0.4, -0.2) is 25.6 Å². The third kappa shape index (κ3) is 4.56. The Balaban J connectivity index is 3.56. The molecule has 3 heteroatoms. The predicted octanol–water partition coefficient (Wildman–Crippen LogP) is 0.773. The minimum atomic E-state index is -0.0235. The lowest BCUT2D eigenvalue weighted by Crippen LogP contribution is -2.40. The highest BCUT2D eigenvalue weighted by Crippen LogP contribution is 2.02. The Labute approximate surface area is 64.4 Å². The molecule has 0 aromatic rings. The molecule has 0 aliphatic rings. The van der Waals surface area contributed by atoms with E-state index in [2.05, 4.69) is 44.6 Å². The summed E-state index contributed by atoms with van der Waals surface area (Å²) in [6.45, 7) is 11.9. The van der Waals surface area contributed by atoms with E-state index in [-0.39, 0.29) is 5.44 Å². The van der Waals surface area contributed by atoms with Gasteiger partial charge in [-0.1, -0.05) is 13.8 Å². The maximum absolute atomic E-state index is 3.98. The van der Waals surface area contributed by atoms with Gasteiger partial charge in [-0.3, -0.25) is 0 Å².